The molecule has 9 heteroatoms. The summed E-state index contributed by atoms with van der Waals surface area (Å²) >= 11 is 0. The van der Waals surface area contributed by atoms with Gasteiger partial charge < -0.3 is 19.8 Å². The minimum atomic E-state index is -4.59. The number of pyridine rings is 1. The molecular formula is C13H12F3N3O3. The second-order valence-corrected chi connectivity index (χ2v) is 4.15. The van der Waals surface area contributed by atoms with Crippen molar-refractivity contribution in [1.29, 1.82) is 0 Å². The summed E-state index contributed by atoms with van der Waals surface area (Å²) < 4.78 is 47.5. The van der Waals surface area contributed by atoms with Gasteiger partial charge in [0.15, 0.2) is 0 Å². The Kier molecular flexibility index (Phi) is 4.54. The van der Waals surface area contributed by atoms with Gasteiger partial charge in [-0.2, -0.15) is 13.2 Å². The average Bonchev–Trinajstić information content (AvgIpc) is 2.97. The van der Waals surface area contributed by atoms with E-state index in [0.717, 1.165) is 6.20 Å². The SMILES string of the molecule is COc1cc(C(F)(F)F)ncc1NC(=O)NCc1ccco1. The summed E-state index contributed by atoms with van der Waals surface area (Å²) in [5.74, 6) is 0.392. The second kappa shape index (κ2) is 6.37. The maximum absolute atomic E-state index is 12.5. The fraction of sp³-hybridized carbons (Fsp3) is 0.231. The number of alkyl halides is 3. The molecule has 0 spiro atoms. The third kappa shape index (κ3) is 3.90. The molecule has 0 radical (unpaired) electrons. The Morgan fingerprint density at radius 2 is 2.23 bits per heavy atom. The topological polar surface area (TPSA) is 76.4 Å². The summed E-state index contributed by atoms with van der Waals surface area (Å²) in [5, 5.41) is 4.84. The van der Waals surface area contributed by atoms with E-state index in [1.807, 2.05) is 0 Å². The first kappa shape index (κ1) is 15.7. The Hall–Kier alpha value is -2.71. The van der Waals surface area contributed by atoms with Gasteiger partial charge in [0, 0.05) is 6.07 Å². The van der Waals surface area contributed by atoms with Gasteiger partial charge in [-0.3, -0.25) is 0 Å². The van der Waals surface area contributed by atoms with Crippen LogP contribution < -0.4 is 15.4 Å². The number of halogens is 3. The molecule has 2 heterocycles. The third-order valence-corrected chi connectivity index (χ3v) is 2.63. The van der Waals surface area contributed by atoms with E-state index in [9.17, 15) is 18.0 Å². The number of nitrogens with one attached hydrogen (secondary N) is 2. The summed E-state index contributed by atoms with van der Waals surface area (Å²) in [5.41, 5.74) is -1.08. The first-order valence-corrected chi connectivity index (χ1v) is 6.08. The van der Waals surface area contributed by atoms with Crippen LogP contribution in [0.25, 0.3) is 0 Å². The van der Waals surface area contributed by atoms with Crippen molar-refractivity contribution in [3.8, 4) is 5.75 Å². The van der Waals surface area contributed by atoms with Gasteiger partial charge in [0.05, 0.1) is 26.1 Å². The quantitative estimate of drug-likeness (QED) is 0.909. The van der Waals surface area contributed by atoms with Crippen molar-refractivity contribution in [3.05, 3.63) is 42.1 Å². The van der Waals surface area contributed by atoms with Crippen LogP contribution in [0.5, 0.6) is 5.75 Å². The van der Waals surface area contributed by atoms with Gasteiger partial charge in [0.1, 0.15) is 22.9 Å². The molecule has 0 aliphatic rings. The van der Waals surface area contributed by atoms with Crippen molar-refractivity contribution in [1.82, 2.24) is 10.3 Å². The van der Waals surface area contributed by atoms with Crippen molar-refractivity contribution in [3.63, 3.8) is 0 Å². The maximum Gasteiger partial charge on any atom is 0.433 e. The van der Waals surface area contributed by atoms with Crippen LogP contribution in [0, 0.1) is 0 Å². The molecule has 0 saturated carbocycles. The minimum absolute atomic E-state index is 0.0208. The highest BCUT2D eigenvalue weighted by atomic mass is 19.4. The first-order chi connectivity index (χ1) is 10.4. The molecule has 0 aliphatic heterocycles. The predicted octanol–water partition coefficient (Wildman–Crippen LogP) is 3.02. The lowest BCUT2D eigenvalue weighted by Gasteiger charge is -2.12. The second-order valence-electron chi connectivity index (χ2n) is 4.15. The Morgan fingerprint density at radius 3 is 2.82 bits per heavy atom. The molecule has 2 aromatic heterocycles. The molecule has 2 aromatic rings. The average molecular weight is 315 g/mol. The van der Waals surface area contributed by atoms with Crippen LogP contribution in [0.2, 0.25) is 0 Å². The molecule has 2 amide bonds. The first-order valence-electron chi connectivity index (χ1n) is 6.08. The van der Waals surface area contributed by atoms with E-state index < -0.39 is 17.9 Å². The zero-order valence-corrected chi connectivity index (χ0v) is 11.4. The highest BCUT2D eigenvalue weighted by Crippen LogP contribution is 2.33. The molecular weight excluding hydrogens is 303 g/mol. The third-order valence-electron chi connectivity index (χ3n) is 2.63. The van der Waals surface area contributed by atoms with Crippen LogP contribution in [-0.2, 0) is 12.7 Å². The smallest absolute Gasteiger partial charge is 0.433 e. The van der Waals surface area contributed by atoms with Crippen molar-refractivity contribution in [2.45, 2.75) is 12.7 Å². The van der Waals surface area contributed by atoms with Gasteiger partial charge in [-0.1, -0.05) is 0 Å². The van der Waals surface area contributed by atoms with Crippen LogP contribution in [0.15, 0.2) is 35.1 Å². The summed E-state index contributed by atoms with van der Waals surface area (Å²) in [6, 6.07) is 3.41. The van der Waals surface area contributed by atoms with E-state index in [4.69, 9.17) is 9.15 Å². The Bertz CT molecular complexity index is 642. The van der Waals surface area contributed by atoms with E-state index in [0.29, 0.717) is 11.8 Å². The number of hydrogen-bond acceptors (Lipinski definition) is 4. The number of hydrogen-bond donors (Lipinski definition) is 2. The van der Waals surface area contributed by atoms with Gasteiger partial charge >= 0.3 is 12.2 Å². The molecule has 2 rings (SSSR count). The number of carbonyl (C=O) groups excluding carboxylic acids is 1. The molecule has 0 atom stereocenters. The van der Waals surface area contributed by atoms with Crippen LogP contribution in [0.1, 0.15) is 11.5 Å². The number of urea groups is 1. The number of methoxy groups -OCH3 is 1. The number of anilines is 1. The van der Waals surface area contributed by atoms with Crippen molar-refractivity contribution in [2.24, 2.45) is 0 Å². The largest absolute Gasteiger partial charge is 0.494 e. The Labute approximate surface area is 123 Å². The van der Waals surface area contributed by atoms with E-state index in [1.54, 1.807) is 12.1 Å². The lowest BCUT2D eigenvalue weighted by molar-refractivity contribution is -0.141. The van der Waals surface area contributed by atoms with Gasteiger partial charge in [-0.05, 0) is 12.1 Å². The molecule has 0 saturated heterocycles. The van der Waals surface area contributed by atoms with Gasteiger partial charge in [0.25, 0.3) is 0 Å². The van der Waals surface area contributed by atoms with Crippen molar-refractivity contribution >= 4 is 11.7 Å². The number of aromatic nitrogens is 1. The summed E-state index contributed by atoms with van der Waals surface area (Å²) in [7, 11) is 1.20. The molecule has 0 unspecified atom stereocenters. The molecule has 0 aliphatic carbocycles. The minimum Gasteiger partial charge on any atom is -0.494 e. The van der Waals surface area contributed by atoms with Crippen LogP contribution in [0.3, 0.4) is 0 Å². The molecule has 118 valence electrons. The zero-order chi connectivity index (χ0) is 16.2. The Balaban J connectivity index is 2.03. The molecule has 0 bridgehead atoms. The number of ether oxygens (including phenoxy) is 1. The maximum atomic E-state index is 12.5. The van der Waals surface area contributed by atoms with Crippen molar-refractivity contribution in [2.75, 3.05) is 12.4 Å². The molecule has 6 nitrogen and oxygen atoms in total. The van der Waals surface area contributed by atoms with E-state index in [-0.39, 0.29) is 18.0 Å². The summed E-state index contributed by atoms with van der Waals surface area (Å²) in [6.45, 7) is 0.134. The van der Waals surface area contributed by atoms with Crippen LogP contribution in [-0.4, -0.2) is 18.1 Å². The lowest BCUT2D eigenvalue weighted by atomic mass is 10.3. The number of nitrogens with zero attached hydrogens (tertiary/aromatic N) is 1. The predicted molar refractivity (Wildman–Crippen MR) is 70.4 cm³/mol. The standard InChI is InChI=1S/C13H12F3N3O3/c1-21-10-5-11(13(14,15)16)17-7-9(10)19-12(20)18-6-8-3-2-4-22-8/h2-5,7H,6H2,1H3,(H2,18,19,20). The molecule has 2 N–H and O–H groups in total. The zero-order valence-electron chi connectivity index (χ0n) is 11.4. The van der Waals surface area contributed by atoms with Gasteiger partial charge in [-0.15, -0.1) is 0 Å². The number of furan rings is 1. The van der Waals surface area contributed by atoms with Gasteiger partial charge in [0.2, 0.25) is 0 Å². The highest BCUT2D eigenvalue weighted by molar-refractivity contribution is 5.90. The van der Waals surface area contributed by atoms with E-state index in [2.05, 4.69) is 15.6 Å². The summed E-state index contributed by atoms with van der Waals surface area (Å²) in [6.07, 6.45) is -2.25. The fourth-order valence-corrected chi connectivity index (χ4v) is 1.60. The van der Waals surface area contributed by atoms with E-state index >= 15 is 0 Å². The lowest BCUT2D eigenvalue weighted by Crippen LogP contribution is -2.28. The van der Waals surface area contributed by atoms with E-state index in [1.165, 1.54) is 13.4 Å². The van der Waals surface area contributed by atoms with Crippen molar-refractivity contribution < 1.29 is 27.1 Å². The summed E-state index contributed by atoms with van der Waals surface area (Å²) in [4.78, 5) is 14.9. The molecule has 0 fully saturated rings. The monoisotopic (exact) mass is 315 g/mol. The number of rotatable bonds is 4. The highest BCUT2D eigenvalue weighted by Gasteiger charge is 2.33. The normalized spacial score (nSPS) is 11.1. The number of carbonyl (C=O) groups is 1. The van der Waals surface area contributed by atoms with Gasteiger partial charge in [-0.25, -0.2) is 9.78 Å². The molecule has 0 aromatic carbocycles. The number of amides is 2. The molecule has 22 heavy (non-hydrogen) atoms. The van der Waals surface area contributed by atoms with Crippen LogP contribution in [0.4, 0.5) is 23.7 Å². The van der Waals surface area contributed by atoms with Crippen LogP contribution >= 0.6 is 0 Å². The Morgan fingerprint density at radius 1 is 1.45 bits per heavy atom. The fourth-order valence-electron chi connectivity index (χ4n) is 1.60.